The van der Waals surface area contributed by atoms with Crippen molar-refractivity contribution in [3.63, 3.8) is 0 Å². The minimum Gasteiger partial charge on any atom is -0.497 e. The van der Waals surface area contributed by atoms with E-state index in [0.717, 1.165) is 68.3 Å². The normalized spacial score (nSPS) is 19.2. The molecule has 186 valence electrons. The second-order valence-corrected chi connectivity index (χ2v) is 9.06. The van der Waals surface area contributed by atoms with E-state index in [1.54, 1.807) is 20.3 Å². The summed E-state index contributed by atoms with van der Waals surface area (Å²) in [4.78, 5) is 18.1. The molecule has 0 aromatic heterocycles. The highest BCUT2D eigenvalue weighted by atomic mass is 16.5. The van der Waals surface area contributed by atoms with Crippen molar-refractivity contribution in [2.24, 2.45) is 0 Å². The molecule has 0 radical (unpaired) electrons. The summed E-state index contributed by atoms with van der Waals surface area (Å²) in [6.45, 7) is 8.72. The predicted molar refractivity (Wildman–Crippen MR) is 131 cm³/mol. The number of ketones is 1. The highest BCUT2D eigenvalue weighted by molar-refractivity contribution is 6.16. The molecule has 0 saturated carbocycles. The summed E-state index contributed by atoms with van der Waals surface area (Å²) in [7, 11) is 3.20. The standard InChI is InChI=1S/C27H32N2O6/c1-18-13-23-21(16-29(17-34-23)8-4-7-28-9-11-33-12-10-28)27-25(18)26(30)24(35-27)15-19-14-20(31-2)5-6-22(19)32-3/h5-6,13-15H,4,7-12,16-17H2,1-3H3/b24-15-. The number of ether oxygens (including phenoxy) is 5. The van der Waals surface area contributed by atoms with Gasteiger partial charge in [0, 0.05) is 31.7 Å². The summed E-state index contributed by atoms with van der Waals surface area (Å²) in [5, 5.41) is 0. The fraction of sp³-hybridized carbons (Fsp3) is 0.444. The van der Waals surface area contributed by atoms with Gasteiger partial charge in [-0.25, -0.2) is 0 Å². The van der Waals surface area contributed by atoms with Gasteiger partial charge in [0.05, 0.1) is 38.6 Å². The molecule has 0 atom stereocenters. The monoisotopic (exact) mass is 480 g/mol. The van der Waals surface area contributed by atoms with Crippen molar-refractivity contribution in [1.29, 1.82) is 0 Å². The summed E-state index contributed by atoms with van der Waals surface area (Å²) in [6, 6.07) is 7.41. The van der Waals surface area contributed by atoms with Crippen LogP contribution in [0.1, 0.15) is 33.5 Å². The number of carbonyl (C=O) groups excluding carboxylic acids is 1. The third-order valence-electron chi connectivity index (χ3n) is 6.76. The van der Waals surface area contributed by atoms with Gasteiger partial charge in [0.1, 0.15) is 29.7 Å². The summed E-state index contributed by atoms with van der Waals surface area (Å²) >= 11 is 0. The van der Waals surface area contributed by atoms with Crippen LogP contribution < -0.4 is 18.9 Å². The average Bonchev–Trinajstić information content (AvgIpc) is 3.21. The van der Waals surface area contributed by atoms with Gasteiger partial charge in [-0.3, -0.25) is 14.6 Å². The third kappa shape index (κ3) is 4.87. The molecular weight excluding hydrogens is 448 g/mol. The van der Waals surface area contributed by atoms with Crippen LogP contribution >= 0.6 is 0 Å². The van der Waals surface area contributed by atoms with E-state index in [9.17, 15) is 4.79 Å². The Morgan fingerprint density at radius 2 is 1.86 bits per heavy atom. The Labute approximate surface area is 206 Å². The van der Waals surface area contributed by atoms with Crippen molar-refractivity contribution in [2.45, 2.75) is 19.9 Å². The van der Waals surface area contributed by atoms with Gasteiger partial charge < -0.3 is 23.7 Å². The van der Waals surface area contributed by atoms with E-state index < -0.39 is 0 Å². The van der Waals surface area contributed by atoms with E-state index in [0.29, 0.717) is 36.1 Å². The number of morpholine rings is 1. The molecule has 0 N–H and O–H groups in total. The molecule has 2 aromatic rings. The Kier molecular flexibility index (Phi) is 6.95. The smallest absolute Gasteiger partial charge is 0.232 e. The molecule has 1 fully saturated rings. The number of aryl methyl sites for hydroxylation is 1. The fourth-order valence-corrected chi connectivity index (χ4v) is 4.86. The molecule has 3 heterocycles. The van der Waals surface area contributed by atoms with E-state index in [2.05, 4.69) is 9.80 Å². The van der Waals surface area contributed by atoms with Crippen LogP contribution in [0.4, 0.5) is 0 Å². The number of allylic oxidation sites excluding steroid dienone is 1. The highest BCUT2D eigenvalue weighted by Gasteiger charge is 2.35. The largest absolute Gasteiger partial charge is 0.497 e. The van der Waals surface area contributed by atoms with Gasteiger partial charge in [-0.2, -0.15) is 0 Å². The lowest BCUT2D eigenvalue weighted by Crippen LogP contribution is -2.39. The summed E-state index contributed by atoms with van der Waals surface area (Å²) < 4.78 is 28.5. The van der Waals surface area contributed by atoms with Crippen LogP contribution in [0.2, 0.25) is 0 Å². The molecule has 8 nitrogen and oxygen atoms in total. The van der Waals surface area contributed by atoms with Crippen molar-refractivity contribution >= 4 is 11.9 Å². The average molecular weight is 481 g/mol. The van der Waals surface area contributed by atoms with Gasteiger partial charge in [0.15, 0.2) is 5.76 Å². The molecule has 3 aliphatic heterocycles. The van der Waals surface area contributed by atoms with Crippen LogP contribution in [0, 0.1) is 6.92 Å². The minimum atomic E-state index is -0.130. The highest BCUT2D eigenvalue weighted by Crippen LogP contribution is 2.44. The first-order valence-corrected chi connectivity index (χ1v) is 12.1. The van der Waals surface area contributed by atoms with E-state index in [-0.39, 0.29) is 11.5 Å². The molecule has 1 saturated heterocycles. The molecule has 0 amide bonds. The van der Waals surface area contributed by atoms with Crippen LogP contribution in [0.5, 0.6) is 23.0 Å². The Balaban J connectivity index is 1.35. The Hall–Kier alpha value is -3.07. The number of rotatable bonds is 7. The number of fused-ring (bicyclic) bond motifs is 3. The number of benzene rings is 2. The number of Topliss-reactive ketones (excluding diaryl/α,β-unsaturated/α-hetero) is 1. The van der Waals surface area contributed by atoms with E-state index in [1.807, 2.05) is 31.2 Å². The summed E-state index contributed by atoms with van der Waals surface area (Å²) in [5.74, 6) is 2.85. The molecule has 3 aliphatic rings. The topological polar surface area (TPSA) is 69.7 Å². The van der Waals surface area contributed by atoms with Crippen molar-refractivity contribution in [2.75, 3.05) is 60.3 Å². The predicted octanol–water partition coefficient (Wildman–Crippen LogP) is 3.50. The first-order chi connectivity index (χ1) is 17.1. The molecule has 0 aliphatic carbocycles. The number of hydrogen-bond donors (Lipinski definition) is 0. The number of methoxy groups -OCH3 is 2. The van der Waals surface area contributed by atoms with E-state index in [4.69, 9.17) is 23.7 Å². The molecule has 35 heavy (non-hydrogen) atoms. The van der Waals surface area contributed by atoms with Crippen molar-refractivity contribution < 1.29 is 28.5 Å². The lowest BCUT2D eigenvalue weighted by molar-refractivity contribution is 0.0329. The maximum absolute atomic E-state index is 13.4. The van der Waals surface area contributed by atoms with Crippen LogP contribution in [0.15, 0.2) is 30.0 Å². The first kappa shape index (κ1) is 23.7. The molecule has 5 rings (SSSR count). The van der Waals surface area contributed by atoms with Gasteiger partial charge in [-0.15, -0.1) is 0 Å². The van der Waals surface area contributed by atoms with Gasteiger partial charge in [-0.05, 0) is 55.8 Å². The maximum Gasteiger partial charge on any atom is 0.232 e. The zero-order valence-corrected chi connectivity index (χ0v) is 20.6. The van der Waals surface area contributed by atoms with Crippen molar-refractivity contribution in [3.8, 4) is 23.0 Å². The molecule has 0 unspecified atom stereocenters. The van der Waals surface area contributed by atoms with Gasteiger partial charge in [0.25, 0.3) is 0 Å². The SMILES string of the molecule is COc1ccc(OC)c(/C=C2\Oc3c4c(cc(C)c3C2=O)OCN(CCCN2CCOCC2)C4)c1. The number of hydrogen-bond acceptors (Lipinski definition) is 8. The van der Waals surface area contributed by atoms with E-state index >= 15 is 0 Å². The lowest BCUT2D eigenvalue weighted by atomic mass is 9.98. The molecule has 8 heteroatoms. The second-order valence-electron chi connectivity index (χ2n) is 9.06. The van der Waals surface area contributed by atoms with Crippen molar-refractivity contribution in [3.05, 3.63) is 52.3 Å². The lowest BCUT2D eigenvalue weighted by Gasteiger charge is -2.31. The first-order valence-electron chi connectivity index (χ1n) is 12.1. The molecular formula is C27H32N2O6. The Bertz CT molecular complexity index is 1140. The quantitative estimate of drug-likeness (QED) is 0.558. The number of nitrogens with zero attached hydrogens (tertiary/aromatic N) is 2. The zero-order valence-electron chi connectivity index (χ0n) is 20.6. The Morgan fingerprint density at radius 3 is 2.63 bits per heavy atom. The second kappa shape index (κ2) is 10.3. The van der Waals surface area contributed by atoms with Crippen LogP contribution in [0.3, 0.4) is 0 Å². The Morgan fingerprint density at radius 1 is 1.06 bits per heavy atom. The summed E-state index contributed by atoms with van der Waals surface area (Å²) in [6.07, 6.45) is 2.77. The summed E-state index contributed by atoms with van der Waals surface area (Å²) in [5.41, 5.74) is 3.11. The van der Waals surface area contributed by atoms with Gasteiger partial charge in [0.2, 0.25) is 5.78 Å². The van der Waals surface area contributed by atoms with Crippen LogP contribution in [0.25, 0.3) is 6.08 Å². The third-order valence-corrected chi connectivity index (χ3v) is 6.76. The fourth-order valence-electron chi connectivity index (χ4n) is 4.86. The van der Waals surface area contributed by atoms with Gasteiger partial charge >= 0.3 is 0 Å². The van der Waals surface area contributed by atoms with Crippen LogP contribution in [-0.4, -0.2) is 75.9 Å². The zero-order chi connectivity index (χ0) is 24.4. The molecule has 0 bridgehead atoms. The van der Waals surface area contributed by atoms with Gasteiger partial charge in [-0.1, -0.05) is 0 Å². The minimum absolute atomic E-state index is 0.130. The maximum atomic E-state index is 13.4. The van der Waals surface area contributed by atoms with Crippen LogP contribution in [-0.2, 0) is 11.3 Å². The molecule has 2 aromatic carbocycles. The van der Waals surface area contributed by atoms with E-state index in [1.165, 1.54) is 0 Å². The number of carbonyl (C=O) groups is 1. The molecule has 0 spiro atoms. The van der Waals surface area contributed by atoms with Crippen molar-refractivity contribution in [1.82, 2.24) is 9.80 Å².